The second-order valence-corrected chi connectivity index (χ2v) is 5.69. The largest absolute Gasteiger partial charge is 0.472 e. The molecular weight excluding hydrogens is 328 g/mol. The summed E-state index contributed by atoms with van der Waals surface area (Å²) in [5, 5.41) is 12.7. The molecule has 7 nitrogen and oxygen atoms in total. The molecule has 0 bridgehead atoms. The van der Waals surface area contributed by atoms with E-state index < -0.39 is 0 Å². The second-order valence-electron chi connectivity index (χ2n) is 4.83. The van der Waals surface area contributed by atoms with Crippen LogP contribution >= 0.6 is 11.3 Å². The Hall–Kier alpha value is -3.26. The van der Waals surface area contributed by atoms with E-state index >= 15 is 0 Å². The van der Waals surface area contributed by atoms with E-state index in [1.165, 1.54) is 17.7 Å². The van der Waals surface area contributed by atoms with E-state index in [9.17, 15) is 4.79 Å². The molecule has 1 amide bonds. The summed E-state index contributed by atoms with van der Waals surface area (Å²) in [5.74, 6) is 0.102. The lowest BCUT2D eigenvalue weighted by Gasteiger charge is -2.04. The smallest absolute Gasteiger partial charge is 0.275 e. The topological polar surface area (TPSA) is 94.1 Å². The third-order valence-electron chi connectivity index (χ3n) is 3.23. The lowest BCUT2D eigenvalue weighted by Crippen LogP contribution is -2.12. The Kier molecular flexibility index (Phi) is 3.64. The lowest BCUT2D eigenvalue weighted by atomic mass is 10.2. The highest BCUT2D eigenvalue weighted by atomic mass is 32.1. The number of furan rings is 1. The summed E-state index contributed by atoms with van der Waals surface area (Å²) in [7, 11) is 0. The molecule has 0 aliphatic heterocycles. The Morgan fingerprint density at radius 1 is 1.21 bits per heavy atom. The molecular formula is C16H10N4O3S. The van der Waals surface area contributed by atoms with E-state index in [1.807, 2.05) is 6.07 Å². The standard InChI is InChI=1S/C16H10N4O3S/c21-14(13-8-24-16(19-13)11-4-5-22-7-11)18-12-3-1-2-10(6-12)15-20-17-9-23-15/h1-9H,(H,18,21). The molecule has 0 fully saturated rings. The summed E-state index contributed by atoms with van der Waals surface area (Å²) in [4.78, 5) is 16.7. The molecule has 8 heteroatoms. The minimum atomic E-state index is -0.288. The molecule has 0 radical (unpaired) electrons. The Labute approximate surface area is 140 Å². The number of hydrogen-bond donors (Lipinski definition) is 1. The van der Waals surface area contributed by atoms with E-state index in [1.54, 1.807) is 42.2 Å². The van der Waals surface area contributed by atoms with Gasteiger partial charge in [-0.2, -0.15) is 0 Å². The van der Waals surface area contributed by atoms with Crippen LogP contribution in [0.5, 0.6) is 0 Å². The summed E-state index contributed by atoms with van der Waals surface area (Å²) >= 11 is 1.38. The second kappa shape index (κ2) is 6.09. The van der Waals surface area contributed by atoms with Crippen LogP contribution in [-0.4, -0.2) is 21.1 Å². The Morgan fingerprint density at radius 2 is 2.17 bits per heavy atom. The summed E-state index contributed by atoms with van der Waals surface area (Å²) in [6, 6.07) is 8.96. The van der Waals surface area contributed by atoms with Gasteiger partial charge in [0, 0.05) is 22.2 Å². The number of nitrogens with zero attached hydrogens (tertiary/aromatic N) is 3. The van der Waals surface area contributed by atoms with Gasteiger partial charge in [0.1, 0.15) is 17.0 Å². The fraction of sp³-hybridized carbons (Fsp3) is 0. The fourth-order valence-electron chi connectivity index (χ4n) is 2.12. The maximum Gasteiger partial charge on any atom is 0.275 e. The first-order chi connectivity index (χ1) is 11.8. The highest BCUT2D eigenvalue weighted by Gasteiger charge is 2.13. The molecule has 1 aromatic carbocycles. The first-order valence-electron chi connectivity index (χ1n) is 6.95. The molecule has 24 heavy (non-hydrogen) atoms. The van der Waals surface area contributed by atoms with Crippen LogP contribution in [0.15, 0.2) is 63.5 Å². The molecule has 4 rings (SSSR count). The minimum Gasteiger partial charge on any atom is -0.472 e. The zero-order valence-corrected chi connectivity index (χ0v) is 13.0. The van der Waals surface area contributed by atoms with Gasteiger partial charge in [-0.15, -0.1) is 21.5 Å². The third-order valence-corrected chi connectivity index (χ3v) is 4.12. The first-order valence-corrected chi connectivity index (χ1v) is 7.83. The van der Waals surface area contributed by atoms with Crippen molar-refractivity contribution in [3.8, 4) is 22.0 Å². The van der Waals surface area contributed by atoms with Crippen molar-refractivity contribution in [2.24, 2.45) is 0 Å². The van der Waals surface area contributed by atoms with E-state index in [4.69, 9.17) is 8.83 Å². The fourth-order valence-corrected chi connectivity index (χ4v) is 2.91. The Balaban J connectivity index is 1.53. The lowest BCUT2D eigenvalue weighted by molar-refractivity contribution is 0.102. The van der Waals surface area contributed by atoms with Crippen LogP contribution in [-0.2, 0) is 0 Å². The number of thiazole rings is 1. The van der Waals surface area contributed by atoms with Gasteiger partial charge in [-0.3, -0.25) is 4.79 Å². The molecule has 3 aromatic heterocycles. The number of amides is 1. The SMILES string of the molecule is O=C(Nc1cccc(-c2nnco2)c1)c1csc(-c2ccoc2)n1. The monoisotopic (exact) mass is 338 g/mol. The average Bonchev–Trinajstić information content (AvgIpc) is 3.36. The molecule has 0 aliphatic carbocycles. The van der Waals surface area contributed by atoms with E-state index in [0.717, 1.165) is 16.1 Å². The van der Waals surface area contributed by atoms with Gasteiger partial charge in [-0.05, 0) is 24.3 Å². The first kappa shape index (κ1) is 14.3. The molecule has 0 saturated heterocycles. The summed E-state index contributed by atoms with van der Waals surface area (Å²) in [6.45, 7) is 0. The van der Waals surface area contributed by atoms with Gasteiger partial charge in [-0.1, -0.05) is 6.07 Å². The summed E-state index contributed by atoms with van der Waals surface area (Å²) in [5.41, 5.74) is 2.54. The Morgan fingerprint density at radius 3 is 2.96 bits per heavy atom. The number of rotatable bonds is 4. The van der Waals surface area contributed by atoms with Crippen LogP contribution in [0, 0.1) is 0 Å². The van der Waals surface area contributed by atoms with Gasteiger partial charge in [0.15, 0.2) is 0 Å². The van der Waals surface area contributed by atoms with Gasteiger partial charge in [0.2, 0.25) is 12.3 Å². The molecule has 0 spiro atoms. The third kappa shape index (κ3) is 2.82. The predicted octanol–water partition coefficient (Wildman–Crippen LogP) is 3.71. The number of carbonyl (C=O) groups is 1. The van der Waals surface area contributed by atoms with Crippen LogP contribution in [0.2, 0.25) is 0 Å². The molecule has 0 atom stereocenters. The minimum absolute atomic E-state index is 0.288. The molecule has 1 N–H and O–H groups in total. The zero-order valence-electron chi connectivity index (χ0n) is 12.2. The van der Waals surface area contributed by atoms with E-state index in [0.29, 0.717) is 17.3 Å². The van der Waals surface area contributed by atoms with Gasteiger partial charge in [0.05, 0.1) is 6.26 Å². The van der Waals surface area contributed by atoms with Gasteiger partial charge < -0.3 is 14.2 Å². The van der Waals surface area contributed by atoms with Gasteiger partial charge >= 0.3 is 0 Å². The summed E-state index contributed by atoms with van der Waals surface area (Å²) < 4.78 is 10.2. The summed E-state index contributed by atoms with van der Waals surface area (Å²) in [6.07, 6.45) is 4.42. The van der Waals surface area contributed by atoms with E-state index in [2.05, 4.69) is 20.5 Å². The molecule has 3 heterocycles. The van der Waals surface area contributed by atoms with Crippen molar-refractivity contribution < 1.29 is 13.6 Å². The number of nitrogens with one attached hydrogen (secondary N) is 1. The van der Waals surface area contributed by atoms with Crippen molar-refractivity contribution >= 4 is 22.9 Å². The number of benzene rings is 1. The molecule has 118 valence electrons. The number of anilines is 1. The van der Waals surface area contributed by atoms with Gasteiger partial charge in [0.25, 0.3) is 5.91 Å². The number of carbonyl (C=O) groups excluding carboxylic acids is 1. The van der Waals surface area contributed by atoms with E-state index in [-0.39, 0.29) is 5.91 Å². The molecule has 0 aliphatic rings. The number of aromatic nitrogens is 3. The number of hydrogen-bond acceptors (Lipinski definition) is 7. The predicted molar refractivity (Wildman–Crippen MR) is 87.5 cm³/mol. The molecule has 0 unspecified atom stereocenters. The van der Waals surface area contributed by atoms with Crippen LogP contribution in [0.25, 0.3) is 22.0 Å². The van der Waals surface area contributed by atoms with Crippen LogP contribution in [0.4, 0.5) is 5.69 Å². The van der Waals surface area contributed by atoms with Crippen molar-refractivity contribution in [3.05, 3.63) is 60.3 Å². The van der Waals surface area contributed by atoms with Crippen molar-refractivity contribution in [1.29, 1.82) is 0 Å². The normalized spacial score (nSPS) is 10.7. The van der Waals surface area contributed by atoms with Crippen molar-refractivity contribution in [3.63, 3.8) is 0 Å². The van der Waals surface area contributed by atoms with Crippen LogP contribution in [0.3, 0.4) is 0 Å². The van der Waals surface area contributed by atoms with Crippen molar-refractivity contribution in [1.82, 2.24) is 15.2 Å². The molecule has 4 aromatic rings. The quantitative estimate of drug-likeness (QED) is 0.609. The average molecular weight is 338 g/mol. The van der Waals surface area contributed by atoms with Gasteiger partial charge in [-0.25, -0.2) is 4.98 Å². The zero-order chi connectivity index (χ0) is 16.4. The molecule has 0 saturated carbocycles. The maximum absolute atomic E-state index is 12.4. The van der Waals surface area contributed by atoms with Crippen LogP contribution < -0.4 is 5.32 Å². The van der Waals surface area contributed by atoms with Crippen LogP contribution in [0.1, 0.15) is 10.5 Å². The highest BCUT2D eigenvalue weighted by molar-refractivity contribution is 7.13. The highest BCUT2D eigenvalue weighted by Crippen LogP contribution is 2.25. The Bertz CT molecular complexity index is 961. The van der Waals surface area contributed by atoms with Crippen molar-refractivity contribution in [2.45, 2.75) is 0 Å². The maximum atomic E-state index is 12.4. The van der Waals surface area contributed by atoms with Crippen molar-refractivity contribution in [2.75, 3.05) is 5.32 Å².